The number of aromatic nitrogens is 2. The summed E-state index contributed by atoms with van der Waals surface area (Å²) in [5.74, 6) is -0.996. The Kier molecular flexibility index (Phi) is 4.49. The molecule has 0 aliphatic carbocycles. The first-order chi connectivity index (χ1) is 9.99. The zero-order valence-corrected chi connectivity index (χ0v) is 12.3. The molecule has 21 heavy (non-hydrogen) atoms. The summed E-state index contributed by atoms with van der Waals surface area (Å²) < 4.78 is 0. The number of carbonyl (C=O) groups excluding carboxylic acids is 1. The molecule has 1 aromatic carbocycles. The van der Waals surface area contributed by atoms with Crippen LogP contribution in [0.1, 0.15) is 27.9 Å². The largest absolute Gasteiger partial charge is 0.478 e. The van der Waals surface area contributed by atoms with Gasteiger partial charge in [-0.1, -0.05) is 18.3 Å². The normalized spacial score (nSPS) is 10.2. The van der Waals surface area contributed by atoms with Gasteiger partial charge in [-0.15, -0.1) is 10.2 Å². The predicted molar refractivity (Wildman–Crippen MR) is 80.1 cm³/mol. The molecule has 2 rings (SSSR count). The van der Waals surface area contributed by atoms with Gasteiger partial charge in [0.1, 0.15) is 5.01 Å². The highest BCUT2D eigenvalue weighted by molar-refractivity contribution is 7.15. The van der Waals surface area contributed by atoms with Gasteiger partial charge in [-0.3, -0.25) is 5.32 Å². The minimum Gasteiger partial charge on any atom is -0.478 e. The number of aromatic carboxylic acids is 1. The first-order valence-electron chi connectivity index (χ1n) is 6.24. The van der Waals surface area contributed by atoms with Crippen LogP contribution in [0.5, 0.6) is 0 Å². The second-order valence-electron chi connectivity index (χ2n) is 4.27. The van der Waals surface area contributed by atoms with Crippen molar-refractivity contribution in [1.82, 2.24) is 10.2 Å². The number of hydrogen-bond acceptors (Lipinski definition) is 5. The van der Waals surface area contributed by atoms with E-state index in [-0.39, 0.29) is 5.56 Å². The summed E-state index contributed by atoms with van der Waals surface area (Å²) in [5.41, 5.74) is 1.29. The van der Waals surface area contributed by atoms with Crippen molar-refractivity contribution in [3.05, 3.63) is 34.3 Å². The van der Waals surface area contributed by atoms with Crippen molar-refractivity contribution in [2.75, 3.05) is 10.6 Å². The number of anilines is 2. The molecule has 0 aliphatic heterocycles. The number of rotatable bonds is 4. The van der Waals surface area contributed by atoms with Gasteiger partial charge in [0.15, 0.2) is 0 Å². The molecule has 3 N–H and O–H groups in total. The highest BCUT2D eigenvalue weighted by Crippen LogP contribution is 2.17. The third-order valence-corrected chi connectivity index (χ3v) is 3.69. The Morgan fingerprint density at radius 2 is 2.05 bits per heavy atom. The Morgan fingerprint density at radius 1 is 1.29 bits per heavy atom. The van der Waals surface area contributed by atoms with Crippen molar-refractivity contribution in [3.8, 4) is 0 Å². The molecule has 1 heterocycles. The van der Waals surface area contributed by atoms with Crippen LogP contribution in [-0.4, -0.2) is 27.3 Å². The van der Waals surface area contributed by atoms with Crippen molar-refractivity contribution in [2.24, 2.45) is 0 Å². The Hall–Kier alpha value is -2.48. The fourth-order valence-corrected chi connectivity index (χ4v) is 2.36. The lowest BCUT2D eigenvalue weighted by atomic mass is 10.1. The minimum atomic E-state index is -0.996. The maximum Gasteiger partial charge on any atom is 0.335 e. The Morgan fingerprint density at radius 3 is 2.62 bits per heavy atom. The summed E-state index contributed by atoms with van der Waals surface area (Å²) in [4.78, 5) is 22.7. The zero-order chi connectivity index (χ0) is 15.4. The highest BCUT2D eigenvalue weighted by Gasteiger charge is 2.10. The molecule has 0 unspecified atom stereocenters. The standard InChI is InChI=1S/C13H14N4O3S/c1-3-10-16-17-13(21-10)15-12(20)14-8-4-5-9(11(18)19)7(2)6-8/h4-6H,3H2,1-2H3,(H,18,19)(H2,14,15,17,20). The lowest BCUT2D eigenvalue weighted by Gasteiger charge is -2.07. The monoisotopic (exact) mass is 306 g/mol. The Balaban J connectivity index is 2.02. The summed E-state index contributed by atoms with van der Waals surface area (Å²) >= 11 is 1.31. The molecular formula is C13H14N4O3S. The average Bonchev–Trinajstić information content (AvgIpc) is 2.85. The smallest absolute Gasteiger partial charge is 0.335 e. The van der Waals surface area contributed by atoms with Crippen LogP contribution in [0.15, 0.2) is 18.2 Å². The molecule has 1 aromatic heterocycles. The summed E-state index contributed by atoms with van der Waals surface area (Å²) in [6, 6.07) is 4.14. The average molecular weight is 306 g/mol. The van der Waals surface area contributed by atoms with Crippen LogP contribution in [0.3, 0.4) is 0 Å². The molecule has 0 saturated heterocycles. The molecule has 0 spiro atoms. The van der Waals surface area contributed by atoms with E-state index in [1.54, 1.807) is 13.0 Å². The molecule has 110 valence electrons. The van der Waals surface area contributed by atoms with Crippen molar-refractivity contribution in [2.45, 2.75) is 20.3 Å². The third-order valence-electron chi connectivity index (χ3n) is 2.70. The van der Waals surface area contributed by atoms with Crippen LogP contribution in [0, 0.1) is 6.92 Å². The van der Waals surface area contributed by atoms with Crippen molar-refractivity contribution in [1.29, 1.82) is 0 Å². The molecule has 2 aromatic rings. The lowest BCUT2D eigenvalue weighted by Crippen LogP contribution is -2.19. The van der Waals surface area contributed by atoms with E-state index in [1.165, 1.54) is 23.5 Å². The number of urea groups is 1. The van der Waals surface area contributed by atoms with Crippen LogP contribution < -0.4 is 10.6 Å². The van der Waals surface area contributed by atoms with Gasteiger partial charge in [-0.05, 0) is 37.1 Å². The SMILES string of the molecule is CCc1nnc(NC(=O)Nc2ccc(C(=O)O)c(C)c2)s1. The van der Waals surface area contributed by atoms with Crippen molar-refractivity contribution < 1.29 is 14.7 Å². The van der Waals surface area contributed by atoms with Gasteiger partial charge in [-0.25, -0.2) is 9.59 Å². The summed E-state index contributed by atoms with van der Waals surface area (Å²) in [6.45, 7) is 3.63. The molecule has 2 amide bonds. The van der Waals surface area contributed by atoms with Crippen LogP contribution >= 0.6 is 11.3 Å². The molecule has 7 nitrogen and oxygen atoms in total. The van der Waals surface area contributed by atoms with Gasteiger partial charge in [-0.2, -0.15) is 0 Å². The van der Waals surface area contributed by atoms with E-state index < -0.39 is 12.0 Å². The van der Waals surface area contributed by atoms with E-state index in [0.717, 1.165) is 11.4 Å². The maximum atomic E-state index is 11.8. The molecule has 0 atom stereocenters. The number of nitrogens with one attached hydrogen (secondary N) is 2. The Labute approximate surface area is 125 Å². The van der Waals surface area contributed by atoms with E-state index >= 15 is 0 Å². The summed E-state index contributed by atoms with van der Waals surface area (Å²) in [6.07, 6.45) is 0.761. The fraction of sp³-hybridized carbons (Fsp3) is 0.231. The lowest BCUT2D eigenvalue weighted by molar-refractivity contribution is 0.0696. The number of carboxylic acids is 1. The topological polar surface area (TPSA) is 104 Å². The molecule has 0 fully saturated rings. The van der Waals surface area contributed by atoms with Crippen LogP contribution in [-0.2, 0) is 6.42 Å². The number of carboxylic acid groups (broad SMARTS) is 1. The summed E-state index contributed by atoms with van der Waals surface area (Å²) in [7, 11) is 0. The highest BCUT2D eigenvalue weighted by atomic mass is 32.1. The van der Waals surface area contributed by atoms with Crippen molar-refractivity contribution in [3.63, 3.8) is 0 Å². The molecule has 8 heteroatoms. The number of hydrogen-bond donors (Lipinski definition) is 3. The van der Waals surface area contributed by atoms with Gasteiger partial charge in [0.05, 0.1) is 5.56 Å². The van der Waals surface area contributed by atoms with E-state index in [1.807, 2.05) is 6.92 Å². The fourth-order valence-electron chi connectivity index (χ4n) is 1.69. The van der Waals surface area contributed by atoms with Crippen LogP contribution in [0.25, 0.3) is 0 Å². The van der Waals surface area contributed by atoms with Crippen molar-refractivity contribution >= 4 is 34.2 Å². The van der Waals surface area contributed by atoms with E-state index in [2.05, 4.69) is 20.8 Å². The molecule has 0 radical (unpaired) electrons. The molecular weight excluding hydrogens is 292 g/mol. The summed E-state index contributed by atoms with van der Waals surface area (Å²) in [5, 5.41) is 23.1. The van der Waals surface area contributed by atoms with E-state index in [4.69, 9.17) is 5.11 Å². The van der Waals surface area contributed by atoms with Gasteiger partial charge in [0, 0.05) is 5.69 Å². The second-order valence-corrected chi connectivity index (χ2v) is 5.33. The maximum absolute atomic E-state index is 11.8. The quantitative estimate of drug-likeness (QED) is 0.805. The predicted octanol–water partition coefficient (Wildman–Crippen LogP) is 2.75. The van der Waals surface area contributed by atoms with E-state index in [9.17, 15) is 9.59 Å². The van der Waals surface area contributed by atoms with E-state index in [0.29, 0.717) is 16.4 Å². The van der Waals surface area contributed by atoms with Gasteiger partial charge in [0.25, 0.3) is 0 Å². The minimum absolute atomic E-state index is 0.206. The van der Waals surface area contributed by atoms with Crippen LogP contribution in [0.2, 0.25) is 0 Å². The number of nitrogens with zero attached hydrogens (tertiary/aromatic N) is 2. The zero-order valence-electron chi connectivity index (χ0n) is 11.5. The molecule has 0 bridgehead atoms. The van der Waals surface area contributed by atoms with Gasteiger partial charge in [0.2, 0.25) is 5.13 Å². The molecule has 0 aliphatic rings. The third kappa shape index (κ3) is 3.76. The molecule has 0 saturated carbocycles. The number of aryl methyl sites for hydroxylation is 2. The van der Waals surface area contributed by atoms with Crippen LogP contribution in [0.4, 0.5) is 15.6 Å². The number of amides is 2. The first kappa shape index (κ1) is 14.9. The van der Waals surface area contributed by atoms with Gasteiger partial charge >= 0.3 is 12.0 Å². The first-order valence-corrected chi connectivity index (χ1v) is 7.05. The Bertz CT molecular complexity index is 684. The number of benzene rings is 1. The number of carbonyl (C=O) groups is 2. The van der Waals surface area contributed by atoms with Gasteiger partial charge < -0.3 is 10.4 Å². The second kappa shape index (κ2) is 6.31.